The van der Waals surface area contributed by atoms with Crippen LogP contribution in [-0.4, -0.2) is 97.6 Å². The molecule has 3 aliphatic carbocycles. The van der Waals surface area contributed by atoms with Gasteiger partial charge in [0.1, 0.15) is 0 Å². The Hall–Kier alpha value is -2.64. The molecule has 2 bridgehead atoms. The summed E-state index contributed by atoms with van der Waals surface area (Å²) in [5.74, 6) is 3.38. The van der Waals surface area contributed by atoms with Crippen LogP contribution < -0.4 is 0 Å². The first-order valence-corrected chi connectivity index (χ1v) is 14.1. The van der Waals surface area contributed by atoms with Crippen molar-refractivity contribution in [3.63, 3.8) is 0 Å². The van der Waals surface area contributed by atoms with Crippen LogP contribution in [0.1, 0.15) is 52.4 Å². The third-order valence-corrected chi connectivity index (χ3v) is 9.13. The molecule has 6 unspecified atom stereocenters. The topological polar surface area (TPSA) is 81.2 Å². The number of carbonyl (C=O) groups is 4. The van der Waals surface area contributed by atoms with Crippen molar-refractivity contribution in [2.75, 3.05) is 54.4 Å². The quantitative estimate of drug-likeness (QED) is 0.365. The molecule has 0 aliphatic heterocycles. The minimum Gasteiger partial charge on any atom is -0.349 e. The maximum atomic E-state index is 12.9. The summed E-state index contributed by atoms with van der Waals surface area (Å²) in [6, 6.07) is 0. The zero-order valence-corrected chi connectivity index (χ0v) is 24.4. The Morgan fingerprint density at radius 3 is 1.61 bits per heavy atom. The van der Waals surface area contributed by atoms with Gasteiger partial charge in [-0.15, -0.1) is 0 Å². The van der Waals surface area contributed by atoms with Crippen molar-refractivity contribution < 1.29 is 19.2 Å². The molecule has 212 valence electrons. The molecule has 3 aliphatic rings. The molecule has 0 radical (unpaired) electrons. The number of rotatable bonds is 12. The highest BCUT2D eigenvalue weighted by Crippen LogP contribution is 2.62. The average molecular weight is 529 g/mol. The summed E-state index contributed by atoms with van der Waals surface area (Å²) < 4.78 is 0. The summed E-state index contributed by atoms with van der Waals surface area (Å²) in [4.78, 5) is 57.0. The maximum Gasteiger partial charge on any atom is 0.248 e. The van der Waals surface area contributed by atoms with Gasteiger partial charge in [-0.3, -0.25) is 19.2 Å². The Bertz CT molecular complexity index is 958. The Morgan fingerprint density at radius 2 is 1.13 bits per heavy atom. The number of amides is 4. The molecule has 0 aromatic carbocycles. The highest BCUT2D eigenvalue weighted by atomic mass is 16.2. The summed E-state index contributed by atoms with van der Waals surface area (Å²) in [7, 11) is 6.96. The second kappa shape index (κ2) is 12.5. The predicted molar refractivity (Wildman–Crippen MR) is 149 cm³/mol. The van der Waals surface area contributed by atoms with Gasteiger partial charge >= 0.3 is 0 Å². The van der Waals surface area contributed by atoms with E-state index in [1.54, 1.807) is 51.8 Å². The maximum absolute atomic E-state index is 12.9. The lowest BCUT2D eigenvalue weighted by atomic mass is 9.75. The van der Waals surface area contributed by atoms with E-state index in [-0.39, 0.29) is 23.6 Å². The lowest BCUT2D eigenvalue weighted by Crippen LogP contribution is -2.41. The van der Waals surface area contributed by atoms with Crippen molar-refractivity contribution in [1.82, 2.24) is 19.6 Å². The Morgan fingerprint density at radius 1 is 0.658 bits per heavy atom. The van der Waals surface area contributed by atoms with E-state index in [1.807, 2.05) is 9.80 Å². The van der Waals surface area contributed by atoms with Crippen LogP contribution in [0.5, 0.6) is 0 Å². The predicted octanol–water partition coefficient (Wildman–Crippen LogP) is 3.05. The largest absolute Gasteiger partial charge is 0.349 e. The molecule has 8 nitrogen and oxygen atoms in total. The van der Waals surface area contributed by atoms with Crippen molar-refractivity contribution in [2.45, 2.75) is 52.4 Å². The van der Waals surface area contributed by atoms with Gasteiger partial charge in [-0.1, -0.05) is 13.2 Å². The number of nitrogens with zero attached hydrogens (tertiary/aromatic N) is 4. The van der Waals surface area contributed by atoms with E-state index in [1.165, 1.54) is 6.42 Å². The van der Waals surface area contributed by atoms with Crippen LogP contribution >= 0.6 is 0 Å². The third-order valence-electron chi connectivity index (χ3n) is 9.13. The lowest BCUT2D eigenvalue weighted by Gasteiger charge is -2.35. The fourth-order valence-corrected chi connectivity index (χ4v) is 7.28. The minimum atomic E-state index is -0.0596. The van der Waals surface area contributed by atoms with Gasteiger partial charge < -0.3 is 19.6 Å². The molecular weight excluding hydrogens is 480 g/mol. The zero-order valence-electron chi connectivity index (χ0n) is 24.4. The molecule has 0 aromatic rings. The van der Waals surface area contributed by atoms with Gasteiger partial charge in [-0.05, 0) is 75.0 Å². The van der Waals surface area contributed by atoms with Crippen molar-refractivity contribution in [3.05, 3.63) is 24.3 Å². The van der Waals surface area contributed by atoms with Crippen LogP contribution in [0.3, 0.4) is 0 Å². The Kier molecular flexibility index (Phi) is 9.82. The third kappa shape index (κ3) is 6.86. The first-order chi connectivity index (χ1) is 17.8. The monoisotopic (exact) mass is 528 g/mol. The molecule has 3 rings (SSSR count). The van der Waals surface area contributed by atoms with Crippen LogP contribution in [0.2, 0.25) is 0 Å². The molecule has 3 saturated carbocycles. The van der Waals surface area contributed by atoms with Crippen LogP contribution in [0, 0.1) is 35.5 Å². The fourth-order valence-electron chi connectivity index (χ4n) is 7.28. The van der Waals surface area contributed by atoms with E-state index in [0.29, 0.717) is 85.7 Å². The van der Waals surface area contributed by atoms with Crippen molar-refractivity contribution in [3.8, 4) is 0 Å². The normalized spacial score (nSPS) is 27.0. The van der Waals surface area contributed by atoms with Gasteiger partial charge in [0, 0.05) is 78.4 Å². The van der Waals surface area contributed by atoms with Gasteiger partial charge in [0.25, 0.3) is 0 Å². The van der Waals surface area contributed by atoms with Crippen molar-refractivity contribution in [2.24, 2.45) is 35.5 Å². The highest BCUT2D eigenvalue weighted by molar-refractivity contribution is 5.93. The summed E-state index contributed by atoms with van der Waals surface area (Å²) in [5.41, 5.74) is 1.02. The molecule has 8 heteroatoms. The zero-order chi connectivity index (χ0) is 28.3. The molecule has 0 N–H and O–H groups in total. The molecule has 0 saturated heterocycles. The van der Waals surface area contributed by atoms with Gasteiger partial charge in [-0.2, -0.15) is 0 Å². The fraction of sp³-hybridized carbons (Fsp3) is 0.733. The van der Waals surface area contributed by atoms with Gasteiger partial charge in [0.05, 0.1) is 0 Å². The van der Waals surface area contributed by atoms with E-state index < -0.39 is 0 Å². The van der Waals surface area contributed by atoms with Gasteiger partial charge in [0.2, 0.25) is 23.6 Å². The molecule has 4 amide bonds. The Balaban J connectivity index is 1.63. The van der Waals surface area contributed by atoms with E-state index in [2.05, 4.69) is 13.2 Å². The van der Waals surface area contributed by atoms with Gasteiger partial charge in [0.15, 0.2) is 0 Å². The SMILES string of the molecule is C=C(C)C(=O)N(CCC(=O)N(C)C)CC1CC2C3CC(CN(CCC(=O)N(C)C)C(=O)C(=C)C)C(C3)C2C1. The molecule has 38 heavy (non-hydrogen) atoms. The van der Waals surface area contributed by atoms with E-state index in [4.69, 9.17) is 0 Å². The van der Waals surface area contributed by atoms with Crippen molar-refractivity contribution in [1.29, 1.82) is 0 Å². The first-order valence-electron chi connectivity index (χ1n) is 14.1. The van der Waals surface area contributed by atoms with Crippen LogP contribution in [0.4, 0.5) is 0 Å². The average Bonchev–Trinajstić information content (AvgIpc) is 3.54. The molecule has 3 fully saturated rings. The molecule has 0 heterocycles. The van der Waals surface area contributed by atoms with Crippen molar-refractivity contribution >= 4 is 23.6 Å². The second-order valence-corrected chi connectivity index (χ2v) is 12.5. The smallest absolute Gasteiger partial charge is 0.248 e. The number of hydrogen-bond acceptors (Lipinski definition) is 4. The van der Waals surface area contributed by atoms with E-state index in [9.17, 15) is 19.2 Å². The van der Waals surface area contributed by atoms with Gasteiger partial charge in [-0.25, -0.2) is 0 Å². The minimum absolute atomic E-state index is 0.0230. The van der Waals surface area contributed by atoms with Crippen LogP contribution in [0.25, 0.3) is 0 Å². The second-order valence-electron chi connectivity index (χ2n) is 12.5. The Labute approximate surface area is 229 Å². The lowest BCUT2D eigenvalue weighted by molar-refractivity contribution is -0.133. The molecular formula is C30H48N4O4. The summed E-state index contributed by atoms with van der Waals surface area (Å²) in [5, 5.41) is 0. The molecule has 0 aromatic heterocycles. The standard InChI is InChI=1S/C30H48N4O4/c1-19(2)29(37)33(11-9-27(35)31(5)6)17-21-13-24-22-15-23(25(16-22)26(24)14-21)18-34(30(38)20(3)4)12-10-28(36)32(7)8/h21-26H,1,3,9-18H2,2,4-8H3. The highest BCUT2D eigenvalue weighted by Gasteiger charge is 2.56. The van der Waals surface area contributed by atoms with Crippen LogP contribution in [-0.2, 0) is 19.2 Å². The first kappa shape index (κ1) is 29.9. The number of hydrogen-bond donors (Lipinski definition) is 0. The van der Waals surface area contributed by atoms with E-state index in [0.717, 1.165) is 19.3 Å². The van der Waals surface area contributed by atoms with Crippen LogP contribution in [0.15, 0.2) is 24.3 Å². The number of fused-ring (bicyclic) bond motifs is 5. The molecule has 0 spiro atoms. The summed E-state index contributed by atoms with van der Waals surface area (Å²) in [6.07, 6.45) is 5.23. The summed E-state index contributed by atoms with van der Waals surface area (Å²) in [6.45, 7) is 13.4. The summed E-state index contributed by atoms with van der Waals surface area (Å²) >= 11 is 0. The number of carbonyl (C=O) groups excluding carboxylic acids is 4. The molecule has 6 atom stereocenters. The van der Waals surface area contributed by atoms with E-state index >= 15 is 0 Å².